The molecule has 0 spiro atoms. The Bertz CT molecular complexity index is 346. The van der Waals surface area contributed by atoms with E-state index in [1.165, 1.54) is 10.6 Å². The molecule has 0 heterocycles. The van der Waals surface area contributed by atoms with Gasteiger partial charge in [-0.2, -0.15) is 0 Å². The normalized spacial score (nSPS) is 10.4. The molecule has 0 nitrogen and oxygen atoms in total. The van der Waals surface area contributed by atoms with E-state index in [0.717, 1.165) is 0 Å². The quantitative estimate of drug-likeness (QED) is 0.510. The first kappa shape index (κ1) is 9.49. The first-order valence-electron chi connectivity index (χ1n) is 4.53. The van der Waals surface area contributed by atoms with E-state index in [1.54, 1.807) is 0 Å². The average Bonchev–Trinajstić information content (AvgIpc) is 2.30. The molecule has 2 heteroatoms. The van der Waals surface area contributed by atoms with E-state index in [1.807, 2.05) is 36.4 Å². The fourth-order valence-corrected chi connectivity index (χ4v) is 2.61. The molecule has 2 rings (SSSR count). The van der Waals surface area contributed by atoms with Crippen LogP contribution >= 0.6 is 7.80 Å². The number of rotatable bonds is 2. The Kier molecular flexibility index (Phi) is 3.01. The molecule has 0 fully saturated rings. The summed E-state index contributed by atoms with van der Waals surface area (Å²) in [4.78, 5) is 0. The molecule has 0 aliphatic rings. The number of benzene rings is 2. The van der Waals surface area contributed by atoms with Crippen molar-refractivity contribution in [1.29, 1.82) is 0 Å². The molecule has 0 atom stereocenters. The van der Waals surface area contributed by atoms with Crippen molar-refractivity contribution < 1.29 is 0 Å². The molecule has 2 aromatic rings. The van der Waals surface area contributed by atoms with Crippen LogP contribution in [0.15, 0.2) is 60.7 Å². The Morgan fingerprint density at radius 2 is 1.00 bits per heavy atom. The van der Waals surface area contributed by atoms with Gasteiger partial charge in [0.05, 0.1) is 0 Å². The highest BCUT2D eigenvalue weighted by Crippen LogP contribution is 2.26. The topological polar surface area (TPSA) is 0 Å². The smallest absolute Gasteiger partial charge is 0.0579 e. The second-order valence-electron chi connectivity index (χ2n) is 3.04. The van der Waals surface area contributed by atoms with Gasteiger partial charge in [-0.3, -0.25) is 0 Å². The van der Waals surface area contributed by atoms with Gasteiger partial charge < -0.3 is 15.4 Å². The summed E-state index contributed by atoms with van der Waals surface area (Å²) >= 11 is 0. The molecule has 0 amide bonds. The van der Waals surface area contributed by atoms with E-state index in [-0.39, 0.29) is 0 Å². The molecule has 0 aliphatic heterocycles. The molecule has 0 bridgehead atoms. The Labute approximate surface area is 87.1 Å². The van der Waals surface area contributed by atoms with Crippen molar-refractivity contribution in [3.8, 4) is 0 Å². The highest BCUT2D eigenvalue weighted by molar-refractivity contribution is 7.94. The zero-order chi connectivity index (χ0) is 9.80. The van der Waals surface area contributed by atoms with Crippen LogP contribution in [-0.2, 0) is 0 Å². The summed E-state index contributed by atoms with van der Waals surface area (Å²) in [5, 5.41) is 2.43. The van der Waals surface area contributed by atoms with Gasteiger partial charge in [-0.1, -0.05) is 71.3 Å². The van der Waals surface area contributed by atoms with Crippen LogP contribution in [0, 0.1) is 0 Å². The molecule has 0 saturated carbocycles. The van der Waals surface area contributed by atoms with Crippen LogP contribution in [0.2, 0.25) is 0 Å². The molecule has 67 valence electrons. The van der Waals surface area contributed by atoms with Gasteiger partial charge >= 0.3 is 0 Å². The van der Waals surface area contributed by atoms with Crippen LogP contribution in [0.5, 0.6) is 0 Å². The van der Waals surface area contributed by atoms with Crippen molar-refractivity contribution in [2.75, 3.05) is 0 Å². The van der Waals surface area contributed by atoms with E-state index in [4.69, 9.17) is 7.57 Å². The van der Waals surface area contributed by atoms with Crippen molar-refractivity contribution >= 4 is 26.0 Å². The van der Waals surface area contributed by atoms with Crippen LogP contribution in [0.3, 0.4) is 0 Å². The van der Waals surface area contributed by atoms with Crippen LogP contribution in [0.4, 0.5) is 0 Å². The van der Waals surface area contributed by atoms with Gasteiger partial charge in [0.15, 0.2) is 0 Å². The van der Waals surface area contributed by atoms with Crippen molar-refractivity contribution in [3.05, 3.63) is 60.7 Å². The second-order valence-corrected chi connectivity index (χ2v) is 4.81. The summed E-state index contributed by atoms with van der Waals surface area (Å²) in [7, 11) is 5.51. The Morgan fingerprint density at radius 3 is 1.36 bits per heavy atom. The monoisotopic (exact) mass is 196 g/mol. The fourth-order valence-electron chi connectivity index (χ4n) is 1.33. The summed E-state index contributed by atoms with van der Waals surface area (Å²) in [5.41, 5.74) is 0. The maximum absolute atomic E-state index is 6.18. The highest BCUT2D eigenvalue weighted by atomic mass is 31.1. The third kappa shape index (κ3) is 2.05. The first-order valence-corrected chi connectivity index (χ1v) is 5.94. The van der Waals surface area contributed by atoms with E-state index in [0.29, 0.717) is 0 Å². The minimum Gasteiger partial charge on any atom is -0.567 e. The minimum atomic E-state index is -0.671. The van der Waals surface area contributed by atoms with E-state index in [2.05, 4.69) is 24.3 Å². The second kappa shape index (κ2) is 4.44. The Balaban J connectivity index is 2.30. The summed E-state index contributed by atoms with van der Waals surface area (Å²) in [6.45, 7) is 0. The lowest BCUT2D eigenvalue weighted by atomic mass is 10.4. The summed E-state index contributed by atoms with van der Waals surface area (Å²) in [5.74, 6) is 0. The van der Waals surface area contributed by atoms with Gasteiger partial charge in [0, 0.05) is 0 Å². The molecule has 2 aromatic carbocycles. The standard InChI is InChI=1S/C12H10BP/c13-14(11-7-3-1-4-8-11)12-9-5-2-6-10-12/h1-10H/q-1. The maximum Gasteiger partial charge on any atom is -0.0579 e. The molecule has 0 N–H and O–H groups in total. The van der Waals surface area contributed by atoms with Crippen LogP contribution in [0.1, 0.15) is 0 Å². The summed E-state index contributed by atoms with van der Waals surface area (Å²) in [6, 6.07) is 20.5. The Hall–Kier alpha value is -1.07. The van der Waals surface area contributed by atoms with Crippen molar-refractivity contribution in [2.24, 2.45) is 0 Å². The molecule has 14 heavy (non-hydrogen) atoms. The van der Waals surface area contributed by atoms with E-state index >= 15 is 0 Å². The third-order valence-electron chi connectivity index (χ3n) is 2.07. The van der Waals surface area contributed by atoms with Gasteiger partial charge in [-0.15, -0.1) is 0 Å². The van der Waals surface area contributed by atoms with E-state index in [9.17, 15) is 0 Å². The van der Waals surface area contributed by atoms with Crippen molar-refractivity contribution in [2.45, 2.75) is 0 Å². The molecular formula is C12H10BP-. The van der Waals surface area contributed by atoms with Crippen LogP contribution in [0.25, 0.3) is 0 Å². The fraction of sp³-hybridized carbons (Fsp3) is 0. The number of hydrogen-bond acceptors (Lipinski definition) is 0. The molecule has 0 saturated heterocycles. The lowest BCUT2D eigenvalue weighted by Gasteiger charge is -2.27. The summed E-state index contributed by atoms with van der Waals surface area (Å²) < 4.78 is 0. The van der Waals surface area contributed by atoms with Crippen molar-refractivity contribution in [3.63, 3.8) is 0 Å². The summed E-state index contributed by atoms with van der Waals surface area (Å²) in [6.07, 6.45) is 0. The van der Waals surface area contributed by atoms with Crippen molar-refractivity contribution in [1.82, 2.24) is 0 Å². The van der Waals surface area contributed by atoms with E-state index < -0.39 is 7.80 Å². The highest BCUT2D eigenvalue weighted by Gasteiger charge is 1.93. The zero-order valence-corrected chi connectivity index (χ0v) is 8.69. The maximum atomic E-state index is 6.18. The third-order valence-corrected chi connectivity index (χ3v) is 3.78. The van der Waals surface area contributed by atoms with Gasteiger partial charge in [0.1, 0.15) is 0 Å². The lowest BCUT2D eigenvalue weighted by Crippen LogP contribution is -2.10. The average molecular weight is 196 g/mol. The predicted octanol–water partition coefficient (Wildman–Crippen LogP) is 2.20. The van der Waals surface area contributed by atoms with Gasteiger partial charge in [0.25, 0.3) is 0 Å². The zero-order valence-electron chi connectivity index (χ0n) is 7.80. The SMILES string of the molecule is [B-]P(c1ccccc1)c1ccccc1. The molecule has 3 radical (unpaired) electrons. The van der Waals surface area contributed by atoms with Gasteiger partial charge in [-0.25, -0.2) is 0 Å². The molecule has 0 aliphatic carbocycles. The minimum absolute atomic E-state index is 0.671. The molecule has 0 unspecified atom stereocenters. The lowest BCUT2D eigenvalue weighted by molar-refractivity contribution is 1.76. The molecular weight excluding hydrogens is 186 g/mol. The first-order chi connectivity index (χ1) is 6.88. The van der Waals surface area contributed by atoms with Gasteiger partial charge in [0.2, 0.25) is 0 Å². The van der Waals surface area contributed by atoms with Crippen LogP contribution in [-0.4, -0.2) is 7.57 Å². The van der Waals surface area contributed by atoms with Crippen LogP contribution < -0.4 is 10.6 Å². The molecule has 0 aromatic heterocycles. The predicted molar refractivity (Wildman–Crippen MR) is 64.8 cm³/mol. The van der Waals surface area contributed by atoms with Gasteiger partial charge in [-0.05, 0) is 0 Å². The largest absolute Gasteiger partial charge is 0.567 e. The number of hydrogen-bond donors (Lipinski definition) is 0. The Morgan fingerprint density at radius 1 is 0.643 bits per heavy atom.